The van der Waals surface area contributed by atoms with Gasteiger partial charge in [0.2, 0.25) is 0 Å². The van der Waals surface area contributed by atoms with E-state index in [0.717, 1.165) is 12.8 Å². The second kappa shape index (κ2) is 8.02. The topological polar surface area (TPSA) is 72.5 Å². The summed E-state index contributed by atoms with van der Waals surface area (Å²) in [7, 11) is 0. The van der Waals surface area contributed by atoms with Crippen LogP contribution in [0.25, 0.3) is 0 Å². The van der Waals surface area contributed by atoms with Crippen molar-refractivity contribution >= 4 is 28.9 Å². The normalized spacial score (nSPS) is 12.2. The first kappa shape index (κ1) is 13.7. The highest BCUT2D eigenvalue weighted by Crippen LogP contribution is 1.95. The van der Waals surface area contributed by atoms with Crippen molar-refractivity contribution in [3.8, 4) is 0 Å². The average molecular weight is 242 g/mol. The molecule has 1 unspecified atom stereocenters. The number of alkyl halides is 1. The lowest BCUT2D eigenvalue weighted by molar-refractivity contribution is 0.223. The summed E-state index contributed by atoms with van der Waals surface area (Å²) >= 11 is 2.80. The van der Waals surface area contributed by atoms with Crippen molar-refractivity contribution in [2.45, 2.75) is 19.8 Å². The molecule has 0 aromatic carbocycles. The van der Waals surface area contributed by atoms with Crippen LogP contribution < -0.4 is 5.32 Å². The fourth-order valence-corrected chi connectivity index (χ4v) is 1.49. The van der Waals surface area contributed by atoms with E-state index in [2.05, 4.69) is 5.32 Å². The van der Waals surface area contributed by atoms with Crippen molar-refractivity contribution in [1.29, 1.82) is 0 Å². The number of nitrogens with one attached hydrogen (secondary N) is 1. The predicted molar refractivity (Wildman–Crippen MR) is 54.7 cm³/mol. The number of amides is 2. The van der Waals surface area contributed by atoms with Crippen LogP contribution in [0.5, 0.6) is 0 Å². The quantitative estimate of drug-likeness (QED) is 0.425. The van der Waals surface area contributed by atoms with E-state index < -0.39 is 17.3 Å². The van der Waals surface area contributed by atoms with Gasteiger partial charge in [0.15, 0.2) is 0 Å². The molecule has 0 bridgehead atoms. The zero-order chi connectivity index (χ0) is 11.0. The molecule has 0 aromatic heterocycles. The minimum absolute atomic E-state index is 0.00434. The Hall–Kier alpha value is -0.330. The summed E-state index contributed by atoms with van der Waals surface area (Å²) in [4.78, 5) is 11.2. The molecule has 5 nitrogen and oxygen atoms in total. The van der Waals surface area contributed by atoms with Crippen molar-refractivity contribution in [1.82, 2.24) is 9.62 Å². The standard InChI is InChI=1S/C7H15ClN2O3S/c1-2-3-5-9-7(11)10(6-4-8)14(12)13/h2-6H2,1H3,(H,9,11)(H,12,13)/p-1. The highest BCUT2D eigenvalue weighted by atomic mass is 35.5. The maximum atomic E-state index is 11.2. The first-order chi connectivity index (χ1) is 6.63. The molecule has 0 saturated heterocycles. The van der Waals surface area contributed by atoms with Gasteiger partial charge in [0, 0.05) is 19.0 Å². The Morgan fingerprint density at radius 3 is 2.71 bits per heavy atom. The fraction of sp³-hybridized carbons (Fsp3) is 0.857. The molecule has 1 N–H and O–H groups in total. The van der Waals surface area contributed by atoms with Gasteiger partial charge >= 0.3 is 6.03 Å². The molecule has 0 saturated carbocycles. The summed E-state index contributed by atoms with van der Waals surface area (Å²) in [6.45, 7) is 2.45. The molecular formula is C7H14ClN2O3S-. The molecule has 0 heterocycles. The molecule has 0 spiro atoms. The molecule has 0 fully saturated rings. The maximum Gasteiger partial charge on any atom is 0.328 e. The molecule has 7 heteroatoms. The third-order valence-electron chi connectivity index (χ3n) is 1.50. The van der Waals surface area contributed by atoms with Crippen LogP contribution in [0, 0.1) is 0 Å². The molecule has 0 aliphatic carbocycles. The van der Waals surface area contributed by atoms with Gasteiger partial charge in [-0.05, 0) is 6.42 Å². The Bertz CT molecular complexity index is 203. The highest BCUT2D eigenvalue weighted by molar-refractivity contribution is 7.77. The van der Waals surface area contributed by atoms with Crippen LogP contribution in [0.3, 0.4) is 0 Å². The van der Waals surface area contributed by atoms with Crippen LogP contribution >= 0.6 is 11.6 Å². The van der Waals surface area contributed by atoms with Crippen LogP contribution in [-0.2, 0) is 11.3 Å². The minimum Gasteiger partial charge on any atom is -0.755 e. The third kappa shape index (κ3) is 5.41. The molecule has 0 aromatic rings. The van der Waals surface area contributed by atoms with Gasteiger partial charge in [0.1, 0.15) is 0 Å². The largest absolute Gasteiger partial charge is 0.755 e. The number of rotatable bonds is 6. The molecule has 0 aliphatic rings. The molecular weight excluding hydrogens is 228 g/mol. The van der Waals surface area contributed by atoms with Gasteiger partial charge < -0.3 is 9.87 Å². The summed E-state index contributed by atoms with van der Waals surface area (Å²) in [5.74, 6) is 0.0924. The van der Waals surface area contributed by atoms with Crippen molar-refractivity contribution < 1.29 is 13.6 Å². The fourth-order valence-electron chi connectivity index (χ4n) is 0.781. The molecule has 84 valence electrons. The van der Waals surface area contributed by atoms with Gasteiger partial charge in [-0.1, -0.05) is 13.3 Å². The van der Waals surface area contributed by atoms with Crippen molar-refractivity contribution in [2.75, 3.05) is 19.0 Å². The van der Waals surface area contributed by atoms with Gasteiger partial charge in [-0.3, -0.25) is 8.51 Å². The van der Waals surface area contributed by atoms with Crippen molar-refractivity contribution in [3.05, 3.63) is 0 Å². The zero-order valence-electron chi connectivity index (χ0n) is 7.99. The lowest BCUT2D eigenvalue weighted by Gasteiger charge is -2.23. The van der Waals surface area contributed by atoms with Gasteiger partial charge in [-0.25, -0.2) is 4.79 Å². The smallest absolute Gasteiger partial charge is 0.328 e. The lowest BCUT2D eigenvalue weighted by Crippen LogP contribution is -2.42. The minimum atomic E-state index is -2.55. The highest BCUT2D eigenvalue weighted by Gasteiger charge is 2.12. The summed E-state index contributed by atoms with van der Waals surface area (Å²) in [6.07, 6.45) is 1.77. The van der Waals surface area contributed by atoms with Gasteiger partial charge in [-0.2, -0.15) is 0 Å². The molecule has 0 radical (unpaired) electrons. The van der Waals surface area contributed by atoms with E-state index >= 15 is 0 Å². The van der Waals surface area contributed by atoms with Crippen LogP contribution in [-0.4, -0.2) is 38.1 Å². The molecule has 1 atom stereocenters. The molecule has 2 amide bonds. The van der Waals surface area contributed by atoms with Crippen molar-refractivity contribution in [3.63, 3.8) is 0 Å². The number of carbonyl (C=O) groups is 1. The first-order valence-corrected chi connectivity index (χ1v) is 5.90. The van der Waals surface area contributed by atoms with Crippen LogP contribution in [0.4, 0.5) is 4.79 Å². The van der Waals surface area contributed by atoms with Crippen molar-refractivity contribution in [2.24, 2.45) is 0 Å². The Balaban J connectivity index is 3.96. The summed E-state index contributed by atoms with van der Waals surface area (Å²) in [6, 6.07) is -0.618. The Morgan fingerprint density at radius 1 is 1.64 bits per heavy atom. The van der Waals surface area contributed by atoms with E-state index in [4.69, 9.17) is 11.6 Å². The Kier molecular flexibility index (Phi) is 7.83. The van der Waals surface area contributed by atoms with Gasteiger partial charge in [0.05, 0.1) is 11.3 Å². The van der Waals surface area contributed by atoms with Crippen LogP contribution in [0.1, 0.15) is 19.8 Å². The van der Waals surface area contributed by atoms with E-state index in [9.17, 15) is 13.6 Å². The number of nitrogens with zero attached hydrogens (tertiary/aromatic N) is 1. The second-order valence-electron chi connectivity index (χ2n) is 2.59. The maximum absolute atomic E-state index is 11.2. The number of carbonyl (C=O) groups excluding carboxylic acids is 1. The Labute approximate surface area is 91.2 Å². The summed E-state index contributed by atoms with van der Waals surface area (Å²) < 4.78 is 21.8. The first-order valence-electron chi connectivity index (χ1n) is 4.34. The second-order valence-corrected chi connectivity index (χ2v) is 3.85. The monoisotopic (exact) mass is 241 g/mol. The SMILES string of the molecule is CCCCNC(=O)N(CCCl)S(=O)[O-]. The summed E-state index contributed by atoms with van der Waals surface area (Å²) in [5, 5.41) is 2.49. The lowest BCUT2D eigenvalue weighted by atomic mass is 10.3. The molecule has 0 rings (SSSR count). The number of hydrogen-bond donors (Lipinski definition) is 1. The van der Waals surface area contributed by atoms with E-state index in [-0.39, 0.29) is 12.4 Å². The number of urea groups is 1. The van der Waals surface area contributed by atoms with Crippen LogP contribution in [0.2, 0.25) is 0 Å². The average Bonchev–Trinajstić information content (AvgIpc) is 2.13. The Morgan fingerprint density at radius 2 is 2.29 bits per heavy atom. The molecule has 0 aliphatic heterocycles. The summed E-state index contributed by atoms with van der Waals surface area (Å²) in [5.41, 5.74) is 0. The number of hydrogen-bond acceptors (Lipinski definition) is 3. The predicted octanol–water partition coefficient (Wildman–Crippen LogP) is 0.831. The van der Waals surface area contributed by atoms with Gasteiger partial charge in [0.25, 0.3) is 0 Å². The number of unbranched alkanes of at least 4 members (excludes halogenated alkanes) is 1. The number of halogens is 1. The van der Waals surface area contributed by atoms with E-state index in [1.807, 2.05) is 6.92 Å². The van der Waals surface area contributed by atoms with E-state index in [0.29, 0.717) is 10.8 Å². The zero-order valence-corrected chi connectivity index (χ0v) is 9.57. The third-order valence-corrected chi connectivity index (χ3v) is 2.38. The molecule has 14 heavy (non-hydrogen) atoms. The van der Waals surface area contributed by atoms with E-state index in [1.165, 1.54) is 0 Å². The van der Waals surface area contributed by atoms with Crippen LogP contribution in [0.15, 0.2) is 0 Å². The van der Waals surface area contributed by atoms with Gasteiger partial charge in [-0.15, -0.1) is 11.6 Å². The van der Waals surface area contributed by atoms with E-state index in [1.54, 1.807) is 0 Å².